The molecule has 3 rings (SSSR count). The van der Waals surface area contributed by atoms with E-state index < -0.39 is 5.25 Å². The Morgan fingerprint density at radius 2 is 2.00 bits per heavy atom. The second kappa shape index (κ2) is 12.2. The lowest BCUT2D eigenvalue weighted by Gasteiger charge is -2.33. The molecule has 1 aliphatic heterocycles. The Balaban J connectivity index is 1.78. The average molecular weight is 488 g/mol. The zero-order valence-corrected chi connectivity index (χ0v) is 21.1. The molecular formula is C25H33N3O5S. The van der Waals surface area contributed by atoms with Crippen LogP contribution in [0, 0.1) is 5.92 Å². The number of likely N-dealkylation sites (tertiary alicyclic amines) is 1. The fraction of sp³-hybridized carbons (Fsp3) is 0.520. The van der Waals surface area contributed by atoms with Crippen molar-refractivity contribution in [3.63, 3.8) is 0 Å². The number of esters is 1. The number of hydrogen-bond donors (Lipinski definition) is 0. The van der Waals surface area contributed by atoms with Crippen molar-refractivity contribution >= 4 is 23.6 Å². The van der Waals surface area contributed by atoms with Crippen molar-refractivity contribution in [1.82, 2.24) is 14.5 Å². The number of piperidine rings is 1. The lowest BCUT2D eigenvalue weighted by molar-refractivity contribution is -0.151. The smallest absolute Gasteiger partial charge is 0.310 e. The maximum absolute atomic E-state index is 13.2. The minimum absolute atomic E-state index is 0.0742. The number of ether oxygens (including phenoxy) is 2. The van der Waals surface area contributed by atoms with Crippen molar-refractivity contribution in [3.8, 4) is 0 Å². The Labute approximate surface area is 204 Å². The normalized spacial score (nSPS) is 16.8. The number of carbonyl (C=O) groups is 2. The Hall–Kier alpha value is -2.65. The van der Waals surface area contributed by atoms with Crippen LogP contribution in [0.25, 0.3) is 0 Å². The largest absolute Gasteiger partial charge is 0.466 e. The van der Waals surface area contributed by atoms with Crippen LogP contribution in [0.4, 0.5) is 0 Å². The molecule has 1 aliphatic rings. The monoisotopic (exact) mass is 487 g/mol. The summed E-state index contributed by atoms with van der Waals surface area (Å²) in [5.74, 6) is -0.611. The van der Waals surface area contributed by atoms with Crippen LogP contribution < -0.4 is 5.56 Å². The number of aromatic nitrogens is 2. The molecule has 0 spiro atoms. The van der Waals surface area contributed by atoms with Crippen molar-refractivity contribution in [2.75, 3.05) is 26.8 Å². The van der Waals surface area contributed by atoms with Gasteiger partial charge in [0.15, 0.2) is 5.16 Å². The van der Waals surface area contributed by atoms with Crippen molar-refractivity contribution in [1.29, 1.82) is 0 Å². The summed E-state index contributed by atoms with van der Waals surface area (Å²) in [6.45, 7) is 5.10. The van der Waals surface area contributed by atoms with Gasteiger partial charge >= 0.3 is 5.97 Å². The summed E-state index contributed by atoms with van der Waals surface area (Å²) in [7, 11) is 3.25. The predicted molar refractivity (Wildman–Crippen MR) is 131 cm³/mol. The van der Waals surface area contributed by atoms with Crippen LogP contribution in [0.15, 0.2) is 40.3 Å². The molecule has 0 N–H and O–H groups in total. The molecule has 9 heteroatoms. The molecular weight excluding hydrogens is 454 g/mol. The van der Waals surface area contributed by atoms with E-state index in [0.29, 0.717) is 42.5 Å². The molecule has 0 saturated carbocycles. The van der Waals surface area contributed by atoms with Crippen LogP contribution >= 0.6 is 11.8 Å². The van der Waals surface area contributed by atoms with Crippen LogP contribution in [-0.4, -0.2) is 58.4 Å². The van der Waals surface area contributed by atoms with Crippen LogP contribution in [0.3, 0.4) is 0 Å². The molecule has 1 fully saturated rings. The molecule has 0 bridgehead atoms. The Morgan fingerprint density at radius 1 is 1.26 bits per heavy atom. The van der Waals surface area contributed by atoms with Gasteiger partial charge in [-0.2, -0.15) is 0 Å². The highest BCUT2D eigenvalue weighted by Crippen LogP contribution is 2.26. The van der Waals surface area contributed by atoms with Crippen LogP contribution in [-0.2, 0) is 39.1 Å². The standard InChI is InChI=1S/C25H33N3O5S/c1-5-33-24(31)19-12-9-13-28(15-19)22(29)17(2)34-25-26-21(16-32-4)20(23(30)27(25)3)14-18-10-7-6-8-11-18/h6-8,10-11,17,19H,5,9,12-16H2,1-4H3. The third-order valence-electron chi connectivity index (χ3n) is 5.92. The number of thioether (sulfide) groups is 1. The van der Waals surface area contributed by atoms with Gasteiger partial charge in [-0.1, -0.05) is 42.1 Å². The van der Waals surface area contributed by atoms with Crippen molar-refractivity contribution in [2.24, 2.45) is 13.0 Å². The highest BCUT2D eigenvalue weighted by molar-refractivity contribution is 8.00. The summed E-state index contributed by atoms with van der Waals surface area (Å²) in [5.41, 5.74) is 2.04. The van der Waals surface area contributed by atoms with Gasteiger partial charge in [-0.15, -0.1) is 0 Å². The van der Waals surface area contributed by atoms with Gasteiger partial charge in [-0.3, -0.25) is 19.0 Å². The molecule has 0 aliphatic carbocycles. The molecule has 2 heterocycles. The predicted octanol–water partition coefficient (Wildman–Crippen LogP) is 2.80. The minimum atomic E-state index is -0.464. The van der Waals surface area contributed by atoms with Gasteiger partial charge in [0.2, 0.25) is 5.91 Å². The van der Waals surface area contributed by atoms with Gasteiger partial charge in [0.25, 0.3) is 5.56 Å². The van der Waals surface area contributed by atoms with E-state index in [1.54, 1.807) is 32.9 Å². The van der Waals surface area contributed by atoms with E-state index in [2.05, 4.69) is 0 Å². The summed E-state index contributed by atoms with van der Waals surface area (Å²) in [6, 6.07) is 9.76. The first kappa shape index (κ1) is 26.0. The summed E-state index contributed by atoms with van der Waals surface area (Å²) in [6.07, 6.45) is 1.95. The van der Waals surface area contributed by atoms with Crippen LogP contribution in [0.1, 0.15) is 43.5 Å². The second-order valence-corrected chi connectivity index (χ2v) is 9.72. The molecule has 184 valence electrons. The first-order valence-corrected chi connectivity index (χ1v) is 12.5. The Morgan fingerprint density at radius 3 is 2.68 bits per heavy atom. The van der Waals surface area contributed by atoms with Crippen LogP contribution in [0.2, 0.25) is 0 Å². The second-order valence-electron chi connectivity index (χ2n) is 8.41. The van der Waals surface area contributed by atoms with Gasteiger partial charge in [-0.05, 0) is 32.3 Å². The first-order valence-electron chi connectivity index (χ1n) is 11.6. The van der Waals surface area contributed by atoms with Gasteiger partial charge in [0, 0.05) is 39.2 Å². The zero-order chi connectivity index (χ0) is 24.7. The fourth-order valence-electron chi connectivity index (χ4n) is 4.11. The number of amides is 1. The summed E-state index contributed by atoms with van der Waals surface area (Å²) in [4.78, 5) is 45.0. The summed E-state index contributed by atoms with van der Waals surface area (Å²) < 4.78 is 12.0. The quantitative estimate of drug-likeness (QED) is 0.305. The highest BCUT2D eigenvalue weighted by atomic mass is 32.2. The third kappa shape index (κ3) is 6.27. The van der Waals surface area contributed by atoms with E-state index in [1.165, 1.54) is 16.3 Å². The van der Waals surface area contributed by atoms with Gasteiger partial charge < -0.3 is 14.4 Å². The SMILES string of the molecule is CCOC(=O)C1CCCN(C(=O)C(C)Sc2nc(COC)c(Cc3ccccc3)c(=O)n2C)C1. The van der Waals surface area contributed by atoms with Gasteiger partial charge in [0.05, 0.1) is 30.1 Å². The third-order valence-corrected chi connectivity index (χ3v) is 7.05. The number of rotatable bonds is 9. The van der Waals surface area contributed by atoms with Crippen LogP contribution in [0.5, 0.6) is 0 Å². The zero-order valence-electron chi connectivity index (χ0n) is 20.3. The van der Waals surface area contributed by atoms with E-state index in [1.807, 2.05) is 30.3 Å². The number of hydrogen-bond acceptors (Lipinski definition) is 7. The van der Waals surface area contributed by atoms with Crippen molar-refractivity contribution in [3.05, 3.63) is 57.5 Å². The maximum atomic E-state index is 13.2. The first-order chi connectivity index (χ1) is 16.3. The molecule has 1 saturated heterocycles. The fourth-order valence-corrected chi connectivity index (χ4v) is 5.08. The molecule has 2 atom stereocenters. The molecule has 2 aromatic rings. The number of nitrogens with zero attached hydrogens (tertiary/aromatic N) is 3. The topological polar surface area (TPSA) is 90.7 Å². The minimum Gasteiger partial charge on any atom is -0.466 e. The number of benzene rings is 1. The average Bonchev–Trinajstić information content (AvgIpc) is 2.85. The van der Waals surface area contributed by atoms with E-state index >= 15 is 0 Å². The number of carbonyl (C=O) groups excluding carboxylic acids is 2. The lowest BCUT2D eigenvalue weighted by Crippen LogP contribution is -2.45. The van der Waals surface area contributed by atoms with E-state index in [-0.39, 0.29) is 30.0 Å². The summed E-state index contributed by atoms with van der Waals surface area (Å²) in [5, 5.41) is 0.00285. The van der Waals surface area contributed by atoms with E-state index in [0.717, 1.165) is 18.4 Å². The van der Waals surface area contributed by atoms with Gasteiger partial charge in [-0.25, -0.2) is 4.98 Å². The summed E-state index contributed by atoms with van der Waals surface area (Å²) >= 11 is 1.25. The number of methoxy groups -OCH3 is 1. The van der Waals surface area contributed by atoms with E-state index in [9.17, 15) is 14.4 Å². The molecule has 1 aromatic carbocycles. The Bertz CT molecular complexity index is 1060. The van der Waals surface area contributed by atoms with Gasteiger partial charge in [0.1, 0.15) is 0 Å². The van der Waals surface area contributed by atoms with Crippen molar-refractivity contribution in [2.45, 2.75) is 50.1 Å². The van der Waals surface area contributed by atoms with Crippen molar-refractivity contribution < 1.29 is 19.1 Å². The molecule has 8 nitrogen and oxygen atoms in total. The Kier molecular flexibility index (Phi) is 9.29. The molecule has 1 aromatic heterocycles. The highest BCUT2D eigenvalue weighted by Gasteiger charge is 2.32. The molecule has 34 heavy (non-hydrogen) atoms. The molecule has 0 radical (unpaired) electrons. The molecule has 2 unspecified atom stereocenters. The van der Waals surface area contributed by atoms with E-state index in [4.69, 9.17) is 14.5 Å². The maximum Gasteiger partial charge on any atom is 0.310 e. The lowest BCUT2D eigenvalue weighted by atomic mass is 9.98. The molecule has 1 amide bonds.